The van der Waals surface area contributed by atoms with Crippen molar-refractivity contribution >= 4 is 17.5 Å². The summed E-state index contributed by atoms with van der Waals surface area (Å²) in [5.74, 6) is 0.517. The molecule has 29 heavy (non-hydrogen) atoms. The maximum absolute atomic E-state index is 12.5. The number of carbonyl (C=O) groups excluding carboxylic acids is 1. The van der Waals surface area contributed by atoms with Gasteiger partial charge < -0.3 is 9.84 Å². The van der Waals surface area contributed by atoms with Crippen LogP contribution in [-0.4, -0.2) is 25.8 Å². The number of benzene rings is 2. The SMILES string of the molecule is Cc1c(C(=O)NCc2nc(-c3ccc(Cl)cc3)no2)cnn1Cc1ccccc1. The van der Waals surface area contributed by atoms with E-state index in [1.54, 1.807) is 35.1 Å². The lowest BCUT2D eigenvalue weighted by molar-refractivity contribution is 0.0945. The summed E-state index contributed by atoms with van der Waals surface area (Å²) < 4.78 is 7.02. The summed E-state index contributed by atoms with van der Waals surface area (Å²) in [4.78, 5) is 16.9. The van der Waals surface area contributed by atoms with Gasteiger partial charge in [0.05, 0.1) is 24.8 Å². The maximum atomic E-state index is 12.5. The number of aromatic nitrogens is 4. The molecule has 0 saturated heterocycles. The van der Waals surface area contributed by atoms with Crippen molar-refractivity contribution in [3.63, 3.8) is 0 Å². The summed E-state index contributed by atoms with van der Waals surface area (Å²) >= 11 is 5.89. The molecule has 146 valence electrons. The Hall–Kier alpha value is -3.45. The summed E-state index contributed by atoms with van der Waals surface area (Å²) in [5, 5.41) is 11.7. The van der Waals surface area contributed by atoms with E-state index in [1.807, 2.05) is 37.3 Å². The second-order valence-electron chi connectivity index (χ2n) is 6.49. The first-order valence-corrected chi connectivity index (χ1v) is 9.41. The van der Waals surface area contributed by atoms with Crippen LogP contribution in [0.2, 0.25) is 5.02 Å². The van der Waals surface area contributed by atoms with Gasteiger partial charge in [0.1, 0.15) is 0 Å². The molecule has 0 radical (unpaired) electrons. The number of nitrogens with zero attached hydrogens (tertiary/aromatic N) is 4. The van der Waals surface area contributed by atoms with E-state index in [0.29, 0.717) is 28.8 Å². The molecule has 2 heterocycles. The Labute approximate surface area is 172 Å². The first-order valence-electron chi connectivity index (χ1n) is 9.03. The number of hydrogen-bond donors (Lipinski definition) is 1. The molecular formula is C21H18ClN5O2. The Bertz CT molecular complexity index is 1120. The molecule has 0 saturated carbocycles. The first kappa shape index (κ1) is 18.9. The lowest BCUT2D eigenvalue weighted by Gasteiger charge is -2.06. The fraction of sp³-hybridized carbons (Fsp3) is 0.143. The number of amides is 1. The number of hydrogen-bond acceptors (Lipinski definition) is 5. The van der Waals surface area contributed by atoms with Crippen LogP contribution in [0.4, 0.5) is 0 Å². The molecule has 0 aliphatic heterocycles. The summed E-state index contributed by atoms with van der Waals surface area (Å²) in [7, 11) is 0. The summed E-state index contributed by atoms with van der Waals surface area (Å²) in [6.45, 7) is 2.60. The third-order valence-corrected chi connectivity index (χ3v) is 4.75. The van der Waals surface area contributed by atoms with Crippen molar-refractivity contribution in [1.82, 2.24) is 25.2 Å². The first-order chi connectivity index (χ1) is 14.1. The predicted molar refractivity (Wildman–Crippen MR) is 108 cm³/mol. The normalized spacial score (nSPS) is 10.8. The molecule has 0 aliphatic rings. The van der Waals surface area contributed by atoms with Crippen LogP contribution in [0.1, 0.15) is 27.5 Å². The molecule has 0 bridgehead atoms. The van der Waals surface area contributed by atoms with Crippen molar-refractivity contribution in [2.75, 3.05) is 0 Å². The molecule has 2 aromatic heterocycles. The minimum atomic E-state index is -0.243. The molecule has 0 aliphatic carbocycles. The van der Waals surface area contributed by atoms with E-state index in [2.05, 4.69) is 20.6 Å². The number of nitrogens with one attached hydrogen (secondary N) is 1. The Kier molecular flexibility index (Phi) is 5.39. The van der Waals surface area contributed by atoms with E-state index in [0.717, 1.165) is 16.8 Å². The quantitative estimate of drug-likeness (QED) is 0.524. The summed E-state index contributed by atoms with van der Waals surface area (Å²) in [6.07, 6.45) is 1.57. The van der Waals surface area contributed by atoms with Crippen molar-refractivity contribution in [2.45, 2.75) is 20.0 Å². The summed E-state index contributed by atoms with van der Waals surface area (Å²) in [5.41, 5.74) is 3.21. The molecular weight excluding hydrogens is 390 g/mol. The van der Waals surface area contributed by atoms with Gasteiger partial charge in [-0.15, -0.1) is 0 Å². The molecule has 7 nitrogen and oxygen atoms in total. The largest absolute Gasteiger partial charge is 0.343 e. The minimum absolute atomic E-state index is 0.128. The smallest absolute Gasteiger partial charge is 0.255 e. The molecule has 0 spiro atoms. The van der Waals surface area contributed by atoms with Crippen LogP contribution in [0, 0.1) is 6.92 Å². The molecule has 0 unspecified atom stereocenters. The number of rotatable bonds is 6. The predicted octanol–water partition coefficient (Wildman–Crippen LogP) is 3.87. The topological polar surface area (TPSA) is 85.8 Å². The standard InChI is InChI=1S/C21H18ClN5O2/c1-14-18(11-24-27(14)13-15-5-3-2-4-6-15)21(28)23-12-19-25-20(26-29-19)16-7-9-17(22)10-8-16/h2-11H,12-13H2,1H3,(H,23,28). The average Bonchev–Trinajstić information content (AvgIpc) is 3.35. The van der Waals surface area contributed by atoms with Crippen molar-refractivity contribution < 1.29 is 9.32 Å². The van der Waals surface area contributed by atoms with Gasteiger partial charge >= 0.3 is 0 Å². The van der Waals surface area contributed by atoms with Crippen molar-refractivity contribution in [3.8, 4) is 11.4 Å². The second kappa shape index (κ2) is 8.28. The van der Waals surface area contributed by atoms with E-state index in [1.165, 1.54) is 0 Å². The summed E-state index contributed by atoms with van der Waals surface area (Å²) in [6, 6.07) is 17.1. The van der Waals surface area contributed by atoms with Gasteiger partial charge in [0.15, 0.2) is 0 Å². The third kappa shape index (κ3) is 4.35. The second-order valence-corrected chi connectivity index (χ2v) is 6.92. The van der Waals surface area contributed by atoms with Crippen LogP contribution in [-0.2, 0) is 13.1 Å². The zero-order valence-corrected chi connectivity index (χ0v) is 16.4. The maximum Gasteiger partial charge on any atom is 0.255 e. The highest BCUT2D eigenvalue weighted by Crippen LogP contribution is 2.18. The van der Waals surface area contributed by atoms with Crippen LogP contribution in [0.25, 0.3) is 11.4 Å². The Morgan fingerprint density at radius 3 is 2.66 bits per heavy atom. The van der Waals surface area contributed by atoms with Gasteiger partial charge in [-0.1, -0.05) is 47.1 Å². The van der Waals surface area contributed by atoms with Crippen molar-refractivity contribution in [1.29, 1.82) is 0 Å². The van der Waals surface area contributed by atoms with Gasteiger partial charge in [-0.05, 0) is 36.8 Å². The third-order valence-electron chi connectivity index (χ3n) is 4.49. The van der Waals surface area contributed by atoms with E-state index >= 15 is 0 Å². The van der Waals surface area contributed by atoms with Crippen LogP contribution in [0.15, 0.2) is 65.3 Å². The van der Waals surface area contributed by atoms with E-state index < -0.39 is 0 Å². The zero-order valence-electron chi connectivity index (χ0n) is 15.7. The van der Waals surface area contributed by atoms with Gasteiger partial charge in [0.25, 0.3) is 5.91 Å². The average molecular weight is 408 g/mol. The number of halogens is 1. The van der Waals surface area contributed by atoms with E-state index in [9.17, 15) is 4.79 Å². The van der Waals surface area contributed by atoms with Gasteiger partial charge in [-0.2, -0.15) is 10.1 Å². The van der Waals surface area contributed by atoms with Gasteiger partial charge in [-0.25, -0.2) is 0 Å². The fourth-order valence-electron chi connectivity index (χ4n) is 2.88. The van der Waals surface area contributed by atoms with Gasteiger partial charge in [-0.3, -0.25) is 9.48 Å². The van der Waals surface area contributed by atoms with Crippen LogP contribution in [0.3, 0.4) is 0 Å². The highest BCUT2D eigenvalue weighted by molar-refractivity contribution is 6.30. The lowest BCUT2D eigenvalue weighted by atomic mass is 10.2. The highest BCUT2D eigenvalue weighted by atomic mass is 35.5. The molecule has 8 heteroatoms. The Morgan fingerprint density at radius 1 is 1.14 bits per heavy atom. The zero-order chi connectivity index (χ0) is 20.2. The van der Waals surface area contributed by atoms with E-state index in [-0.39, 0.29) is 12.5 Å². The monoisotopic (exact) mass is 407 g/mol. The molecule has 1 N–H and O–H groups in total. The van der Waals surface area contributed by atoms with Gasteiger partial charge in [0.2, 0.25) is 11.7 Å². The number of carbonyl (C=O) groups is 1. The van der Waals surface area contributed by atoms with E-state index in [4.69, 9.17) is 16.1 Å². The molecule has 2 aromatic carbocycles. The fourth-order valence-corrected chi connectivity index (χ4v) is 3.01. The van der Waals surface area contributed by atoms with Crippen LogP contribution in [0.5, 0.6) is 0 Å². The lowest BCUT2D eigenvalue weighted by Crippen LogP contribution is -2.23. The van der Waals surface area contributed by atoms with Crippen LogP contribution >= 0.6 is 11.6 Å². The molecule has 0 fully saturated rings. The molecule has 4 aromatic rings. The van der Waals surface area contributed by atoms with Crippen LogP contribution < -0.4 is 5.32 Å². The minimum Gasteiger partial charge on any atom is -0.343 e. The van der Waals surface area contributed by atoms with Gasteiger partial charge in [0, 0.05) is 16.3 Å². The van der Waals surface area contributed by atoms with Crippen molar-refractivity contribution in [2.24, 2.45) is 0 Å². The molecule has 4 rings (SSSR count). The van der Waals surface area contributed by atoms with Crippen molar-refractivity contribution in [3.05, 3.63) is 88.5 Å². The molecule has 0 atom stereocenters. The Balaban J connectivity index is 1.40. The Morgan fingerprint density at radius 2 is 1.90 bits per heavy atom. The molecule has 1 amide bonds. The highest BCUT2D eigenvalue weighted by Gasteiger charge is 2.16.